The van der Waals surface area contributed by atoms with E-state index in [0.717, 1.165) is 0 Å². The number of aliphatic hydroxyl groups excluding tert-OH is 1. The summed E-state index contributed by atoms with van der Waals surface area (Å²) in [6.07, 6.45) is -0.769. The Balaban J connectivity index is 3.76. The van der Waals surface area contributed by atoms with Crippen LogP contribution in [0, 0.1) is 5.92 Å². The summed E-state index contributed by atoms with van der Waals surface area (Å²) < 4.78 is 0. The van der Waals surface area contributed by atoms with Crippen LogP contribution in [0.1, 0.15) is 13.8 Å². The van der Waals surface area contributed by atoms with Crippen LogP contribution in [-0.4, -0.2) is 17.3 Å². The van der Waals surface area contributed by atoms with Gasteiger partial charge in [0.1, 0.15) is 0 Å². The van der Waals surface area contributed by atoms with E-state index in [4.69, 9.17) is 16.6 Å². The summed E-state index contributed by atoms with van der Waals surface area (Å²) in [5.74, 6) is -0.0108. The molecule has 5 N–H and O–H groups in total. The van der Waals surface area contributed by atoms with Crippen molar-refractivity contribution in [3.8, 4) is 0 Å². The highest BCUT2D eigenvalue weighted by Gasteiger charge is 2.05. The summed E-state index contributed by atoms with van der Waals surface area (Å²) in [5, 5.41) is 8.95. The van der Waals surface area contributed by atoms with E-state index in [1.807, 2.05) is 13.8 Å². The Morgan fingerprint density at radius 1 is 1.44 bits per heavy atom. The van der Waals surface area contributed by atoms with Crippen molar-refractivity contribution in [3.63, 3.8) is 0 Å². The third-order valence-electron chi connectivity index (χ3n) is 0.878. The molecule has 0 saturated heterocycles. The number of hydrogen-bond acceptors (Lipinski definition) is 2. The van der Waals surface area contributed by atoms with Crippen molar-refractivity contribution in [2.45, 2.75) is 20.1 Å². The average molecular weight is 131 g/mol. The van der Waals surface area contributed by atoms with Crippen molar-refractivity contribution in [3.05, 3.63) is 0 Å². The van der Waals surface area contributed by atoms with Gasteiger partial charge in [-0.2, -0.15) is 0 Å². The molecule has 0 aromatic carbocycles. The van der Waals surface area contributed by atoms with Crippen LogP contribution in [0.2, 0.25) is 0 Å². The molecule has 54 valence electrons. The standard InChI is InChI=1S/C5H13N3O/c1-3(2)4(9)8-5(6)7/h3-4,9H,1-2H3,(H4,6,7,8). The summed E-state index contributed by atoms with van der Waals surface area (Å²) in [6, 6.07) is 0. The average Bonchev–Trinajstić information content (AvgIpc) is 1.63. The topological polar surface area (TPSA) is 84.6 Å². The van der Waals surface area contributed by atoms with Gasteiger partial charge < -0.3 is 16.6 Å². The number of rotatable bonds is 2. The monoisotopic (exact) mass is 131 g/mol. The Morgan fingerprint density at radius 3 is 2.00 bits per heavy atom. The molecule has 1 unspecified atom stereocenters. The van der Waals surface area contributed by atoms with Gasteiger partial charge in [-0.3, -0.25) is 0 Å². The lowest BCUT2D eigenvalue weighted by molar-refractivity contribution is 0.134. The molecule has 0 aliphatic rings. The molecule has 0 radical (unpaired) electrons. The summed E-state index contributed by atoms with van der Waals surface area (Å²) in [4.78, 5) is 3.50. The Bertz CT molecular complexity index is 107. The number of nitrogens with zero attached hydrogens (tertiary/aromatic N) is 1. The minimum atomic E-state index is -0.769. The lowest BCUT2D eigenvalue weighted by Gasteiger charge is -2.07. The lowest BCUT2D eigenvalue weighted by atomic mass is 10.2. The van der Waals surface area contributed by atoms with Crippen LogP contribution in [0.5, 0.6) is 0 Å². The van der Waals surface area contributed by atoms with Crippen LogP contribution in [0.25, 0.3) is 0 Å². The highest BCUT2D eigenvalue weighted by Crippen LogP contribution is 2.00. The molecule has 0 aromatic rings. The molecule has 4 heteroatoms. The Kier molecular flexibility index (Phi) is 3.01. The molecule has 0 aliphatic carbocycles. The van der Waals surface area contributed by atoms with Crippen LogP contribution >= 0.6 is 0 Å². The van der Waals surface area contributed by atoms with Crippen molar-refractivity contribution < 1.29 is 5.11 Å². The fourth-order valence-electron chi connectivity index (χ4n) is 0.302. The van der Waals surface area contributed by atoms with Crippen LogP contribution < -0.4 is 11.5 Å². The summed E-state index contributed by atoms with van der Waals surface area (Å²) in [5.41, 5.74) is 10.00. The Labute approximate surface area is 54.6 Å². The number of nitrogens with two attached hydrogens (primary N) is 2. The molecule has 0 bridgehead atoms. The van der Waals surface area contributed by atoms with Crippen LogP contribution in [0.3, 0.4) is 0 Å². The van der Waals surface area contributed by atoms with E-state index in [9.17, 15) is 0 Å². The maximum atomic E-state index is 8.95. The van der Waals surface area contributed by atoms with Gasteiger partial charge in [-0.1, -0.05) is 13.8 Å². The van der Waals surface area contributed by atoms with E-state index in [-0.39, 0.29) is 11.9 Å². The molecular weight excluding hydrogens is 118 g/mol. The molecule has 4 nitrogen and oxygen atoms in total. The maximum Gasteiger partial charge on any atom is 0.188 e. The zero-order valence-corrected chi connectivity index (χ0v) is 5.70. The molecule has 9 heavy (non-hydrogen) atoms. The van der Waals surface area contributed by atoms with E-state index in [1.54, 1.807) is 0 Å². The minimum absolute atomic E-state index is 0.0621. The van der Waals surface area contributed by atoms with E-state index >= 15 is 0 Å². The second kappa shape index (κ2) is 3.29. The van der Waals surface area contributed by atoms with Crippen molar-refractivity contribution in [2.75, 3.05) is 0 Å². The van der Waals surface area contributed by atoms with Gasteiger partial charge in [-0.05, 0) is 5.92 Å². The molecular formula is C5H13N3O. The molecule has 1 atom stereocenters. The summed E-state index contributed by atoms with van der Waals surface area (Å²) in [6.45, 7) is 3.66. The molecule has 0 rings (SSSR count). The maximum absolute atomic E-state index is 8.95. The van der Waals surface area contributed by atoms with Gasteiger partial charge in [0.2, 0.25) is 0 Å². The molecule has 0 aliphatic heterocycles. The quantitative estimate of drug-likeness (QED) is 0.340. The van der Waals surface area contributed by atoms with E-state index in [2.05, 4.69) is 4.99 Å². The number of guanidine groups is 1. The normalized spacial score (nSPS) is 13.3. The molecule has 0 fully saturated rings. The predicted octanol–water partition coefficient (Wildman–Crippen LogP) is -0.766. The molecule has 0 amide bonds. The zero-order chi connectivity index (χ0) is 7.44. The minimum Gasteiger partial charge on any atom is -0.371 e. The lowest BCUT2D eigenvalue weighted by Crippen LogP contribution is -2.27. The summed E-state index contributed by atoms with van der Waals surface area (Å²) >= 11 is 0. The van der Waals surface area contributed by atoms with E-state index in [1.165, 1.54) is 0 Å². The fraction of sp³-hybridized carbons (Fsp3) is 0.800. The number of aliphatic hydroxyl groups is 1. The predicted molar refractivity (Wildman–Crippen MR) is 36.7 cm³/mol. The SMILES string of the molecule is CC(C)C(O)N=C(N)N. The largest absolute Gasteiger partial charge is 0.371 e. The third kappa shape index (κ3) is 3.78. The van der Waals surface area contributed by atoms with Crippen molar-refractivity contribution in [1.29, 1.82) is 0 Å². The highest BCUT2D eigenvalue weighted by molar-refractivity contribution is 5.75. The van der Waals surface area contributed by atoms with E-state index < -0.39 is 6.23 Å². The van der Waals surface area contributed by atoms with Crippen LogP contribution in [-0.2, 0) is 0 Å². The summed E-state index contributed by atoms with van der Waals surface area (Å²) in [7, 11) is 0. The molecule has 0 heterocycles. The Hall–Kier alpha value is -0.770. The van der Waals surface area contributed by atoms with Gasteiger partial charge >= 0.3 is 0 Å². The number of aliphatic imine (C=N–C) groups is 1. The fourth-order valence-corrected chi connectivity index (χ4v) is 0.302. The van der Waals surface area contributed by atoms with Crippen molar-refractivity contribution in [2.24, 2.45) is 22.4 Å². The zero-order valence-electron chi connectivity index (χ0n) is 5.70. The number of hydrogen-bond donors (Lipinski definition) is 3. The molecule has 0 spiro atoms. The van der Waals surface area contributed by atoms with Gasteiger partial charge in [-0.15, -0.1) is 0 Å². The molecule has 0 saturated carbocycles. The second-order valence-corrected chi connectivity index (χ2v) is 2.21. The van der Waals surface area contributed by atoms with Gasteiger partial charge in [0.15, 0.2) is 12.2 Å². The first-order valence-electron chi connectivity index (χ1n) is 2.81. The van der Waals surface area contributed by atoms with Gasteiger partial charge in [0.25, 0.3) is 0 Å². The molecule has 0 aromatic heterocycles. The van der Waals surface area contributed by atoms with Crippen LogP contribution in [0.4, 0.5) is 0 Å². The van der Waals surface area contributed by atoms with Crippen molar-refractivity contribution in [1.82, 2.24) is 0 Å². The first-order chi connectivity index (χ1) is 4.04. The second-order valence-electron chi connectivity index (χ2n) is 2.21. The smallest absolute Gasteiger partial charge is 0.188 e. The first-order valence-corrected chi connectivity index (χ1v) is 2.81. The third-order valence-corrected chi connectivity index (χ3v) is 0.878. The highest BCUT2D eigenvalue weighted by atomic mass is 16.3. The van der Waals surface area contributed by atoms with Gasteiger partial charge in [-0.25, -0.2) is 4.99 Å². The van der Waals surface area contributed by atoms with Crippen molar-refractivity contribution >= 4 is 5.96 Å². The van der Waals surface area contributed by atoms with Gasteiger partial charge in [0.05, 0.1) is 0 Å². The van der Waals surface area contributed by atoms with Gasteiger partial charge in [0, 0.05) is 0 Å². The first kappa shape index (κ1) is 8.23. The van der Waals surface area contributed by atoms with E-state index in [0.29, 0.717) is 0 Å². The van der Waals surface area contributed by atoms with Crippen LogP contribution in [0.15, 0.2) is 4.99 Å². The Morgan fingerprint density at radius 2 is 1.89 bits per heavy atom.